The molecule has 1 amide bonds. The molecule has 1 fully saturated rings. The van der Waals surface area contributed by atoms with E-state index in [4.69, 9.17) is 4.74 Å². The van der Waals surface area contributed by atoms with E-state index in [1.54, 1.807) is 0 Å². The monoisotopic (exact) mass is 292 g/mol. The smallest absolute Gasteiger partial charge is 0.236 e. The first-order chi connectivity index (χ1) is 10.2. The second kappa shape index (κ2) is 6.58. The fraction of sp³-hybridized carbons (Fsp3) is 0.733. The van der Waals surface area contributed by atoms with Crippen LogP contribution >= 0.6 is 0 Å². The lowest BCUT2D eigenvalue weighted by Crippen LogP contribution is -2.45. The van der Waals surface area contributed by atoms with Crippen molar-refractivity contribution >= 4 is 5.91 Å². The first kappa shape index (κ1) is 14.5. The lowest BCUT2D eigenvalue weighted by atomic mass is 9.99. The maximum atomic E-state index is 12.3. The summed E-state index contributed by atoms with van der Waals surface area (Å²) < 4.78 is 7.53. The molecule has 1 aromatic rings. The van der Waals surface area contributed by atoms with Gasteiger partial charge in [0.1, 0.15) is 5.82 Å². The average molecular weight is 292 g/mol. The van der Waals surface area contributed by atoms with Crippen LogP contribution in [-0.4, -0.2) is 71.7 Å². The number of morpholine rings is 1. The number of carbonyl (C=O) groups excluding carboxylic acids is 1. The van der Waals surface area contributed by atoms with Gasteiger partial charge in [-0.05, 0) is 12.3 Å². The van der Waals surface area contributed by atoms with Crippen molar-refractivity contribution in [3.63, 3.8) is 0 Å². The van der Waals surface area contributed by atoms with Gasteiger partial charge in [-0.1, -0.05) is 0 Å². The highest BCUT2D eigenvalue weighted by Crippen LogP contribution is 2.19. The largest absolute Gasteiger partial charge is 0.379 e. The van der Waals surface area contributed by atoms with Crippen molar-refractivity contribution in [3.8, 4) is 0 Å². The number of amides is 1. The third-order valence-corrected chi connectivity index (χ3v) is 4.45. The van der Waals surface area contributed by atoms with E-state index >= 15 is 0 Å². The zero-order chi connectivity index (χ0) is 14.7. The summed E-state index contributed by atoms with van der Waals surface area (Å²) in [4.78, 5) is 20.7. The second-order valence-corrected chi connectivity index (χ2v) is 6.06. The molecule has 1 unspecified atom stereocenters. The molecule has 0 saturated carbocycles. The first-order valence-electron chi connectivity index (χ1n) is 7.76. The van der Waals surface area contributed by atoms with Crippen molar-refractivity contribution in [2.45, 2.75) is 19.4 Å². The van der Waals surface area contributed by atoms with Gasteiger partial charge in [-0.3, -0.25) is 9.69 Å². The fourth-order valence-corrected chi connectivity index (χ4v) is 3.15. The number of likely N-dealkylation sites (N-methyl/N-ethyl adjacent to an activating group) is 1. The number of carbonyl (C=O) groups is 1. The molecule has 0 radical (unpaired) electrons. The van der Waals surface area contributed by atoms with Gasteiger partial charge < -0.3 is 14.2 Å². The topological polar surface area (TPSA) is 50.6 Å². The molecule has 21 heavy (non-hydrogen) atoms. The van der Waals surface area contributed by atoms with Crippen LogP contribution in [0.5, 0.6) is 0 Å². The number of hydrogen-bond acceptors (Lipinski definition) is 4. The first-order valence-corrected chi connectivity index (χ1v) is 7.76. The second-order valence-electron chi connectivity index (χ2n) is 6.06. The molecule has 6 heteroatoms. The van der Waals surface area contributed by atoms with E-state index in [2.05, 4.69) is 14.5 Å². The van der Waals surface area contributed by atoms with Gasteiger partial charge in [0.15, 0.2) is 0 Å². The third kappa shape index (κ3) is 3.63. The summed E-state index contributed by atoms with van der Waals surface area (Å²) in [6.45, 7) is 5.53. The molecule has 1 saturated heterocycles. The van der Waals surface area contributed by atoms with Crippen molar-refractivity contribution in [1.29, 1.82) is 0 Å². The molecule has 0 spiro atoms. The average Bonchev–Trinajstić information content (AvgIpc) is 2.95. The fourth-order valence-electron chi connectivity index (χ4n) is 3.15. The molecule has 2 aliphatic heterocycles. The van der Waals surface area contributed by atoms with E-state index < -0.39 is 0 Å². The van der Waals surface area contributed by atoms with E-state index in [1.807, 2.05) is 24.3 Å². The molecule has 0 N–H and O–H groups in total. The van der Waals surface area contributed by atoms with Crippen molar-refractivity contribution < 1.29 is 9.53 Å². The molecule has 6 nitrogen and oxygen atoms in total. The Morgan fingerprint density at radius 2 is 2.29 bits per heavy atom. The van der Waals surface area contributed by atoms with Gasteiger partial charge in [0.25, 0.3) is 0 Å². The predicted octanol–water partition coefficient (Wildman–Crippen LogP) is 0.236. The minimum atomic E-state index is 0.216. The van der Waals surface area contributed by atoms with Crippen LogP contribution in [0.4, 0.5) is 0 Å². The van der Waals surface area contributed by atoms with Crippen LogP contribution in [-0.2, 0) is 22.5 Å². The van der Waals surface area contributed by atoms with Gasteiger partial charge in [0, 0.05) is 52.0 Å². The summed E-state index contributed by atoms with van der Waals surface area (Å²) in [6.07, 6.45) is 6.04. The highest BCUT2D eigenvalue weighted by molar-refractivity contribution is 5.78. The summed E-state index contributed by atoms with van der Waals surface area (Å²) in [7, 11) is 1.92. The maximum absolute atomic E-state index is 12.3. The summed E-state index contributed by atoms with van der Waals surface area (Å²) in [5.41, 5.74) is 0. The Morgan fingerprint density at radius 3 is 3.10 bits per heavy atom. The lowest BCUT2D eigenvalue weighted by molar-refractivity contribution is -0.132. The molecule has 0 aromatic carbocycles. The van der Waals surface area contributed by atoms with Crippen LogP contribution < -0.4 is 0 Å². The SMILES string of the molecule is CN(CC1CCc2nccn2C1)C(=O)CN1CCOCC1. The minimum Gasteiger partial charge on any atom is -0.379 e. The van der Waals surface area contributed by atoms with E-state index in [9.17, 15) is 4.79 Å². The highest BCUT2D eigenvalue weighted by Gasteiger charge is 2.23. The number of aromatic nitrogens is 2. The highest BCUT2D eigenvalue weighted by atomic mass is 16.5. The van der Waals surface area contributed by atoms with Gasteiger partial charge in [0.2, 0.25) is 5.91 Å². The van der Waals surface area contributed by atoms with Crippen LogP contribution in [0.15, 0.2) is 12.4 Å². The van der Waals surface area contributed by atoms with Crippen LogP contribution in [0.2, 0.25) is 0 Å². The standard InChI is InChI=1S/C15H24N4O2/c1-17(15(20)12-18-6-8-21-9-7-18)10-13-2-3-14-16-4-5-19(14)11-13/h4-5,13H,2-3,6-12H2,1H3. The Labute approximate surface area is 125 Å². The number of rotatable bonds is 4. The van der Waals surface area contributed by atoms with Gasteiger partial charge in [-0.15, -0.1) is 0 Å². The van der Waals surface area contributed by atoms with Gasteiger partial charge >= 0.3 is 0 Å². The zero-order valence-corrected chi connectivity index (χ0v) is 12.7. The third-order valence-electron chi connectivity index (χ3n) is 4.45. The van der Waals surface area contributed by atoms with Crippen molar-refractivity contribution in [2.75, 3.05) is 46.4 Å². The van der Waals surface area contributed by atoms with Gasteiger partial charge in [-0.25, -0.2) is 4.98 Å². The van der Waals surface area contributed by atoms with E-state index in [1.165, 1.54) is 5.82 Å². The van der Waals surface area contributed by atoms with Crippen LogP contribution in [0.1, 0.15) is 12.2 Å². The van der Waals surface area contributed by atoms with Gasteiger partial charge in [0.05, 0.1) is 19.8 Å². The number of aryl methyl sites for hydroxylation is 1. The van der Waals surface area contributed by atoms with Gasteiger partial charge in [-0.2, -0.15) is 0 Å². The summed E-state index contributed by atoms with van der Waals surface area (Å²) >= 11 is 0. The van der Waals surface area contributed by atoms with Crippen LogP contribution in [0, 0.1) is 5.92 Å². The van der Waals surface area contributed by atoms with E-state index in [0.29, 0.717) is 12.5 Å². The number of fused-ring (bicyclic) bond motifs is 1. The molecule has 3 heterocycles. The molecule has 2 aliphatic rings. The number of imidazole rings is 1. The lowest BCUT2D eigenvalue weighted by Gasteiger charge is -2.31. The Hall–Kier alpha value is -1.40. The number of nitrogens with zero attached hydrogens (tertiary/aromatic N) is 4. The molecule has 3 rings (SSSR count). The molecule has 0 bridgehead atoms. The Bertz CT molecular complexity index is 482. The molecule has 1 aromatic heterocycles. The summed E-state index contributed by atoms with van der Waals surface area (Å²) in [5.74, 6) is 1.92. The zero-order valence-electron chi connectivity index (χ0n) is 12.7. The van der Waals surface area contributed by atoms with Crippen molar-refractivity contribution in [2.24, 2.45) is 5.92 Å². The van der Waals surface area contributed by atoms with Crippen molar-refractivity contribution in [3.05, 3.63) is 18.2 Å². The Kier molecular flexibility index (Phi) is 4.55. The summed E-state index contributed by atoms with van der Waals surface area (Å²) in [5, 5.41) is 0. The normalized spacial score (nSPS) is 22.8. The van der Waals surface area contributed by atoms with E-state index in [-0.39, 0.29) is 5.91 Å². The molecular weight excluding hydrogens is 268 g/mol. The molecular formula is C15H24N4O2. The number of ether oxygens (including phenoxy) is 1. The minimum absolute atomic E-state index is 0.216. The van der Waals surface area contributed by atoms with Crippen LogP contribution in [0.3, 0.4) is 0 Å². The van der Waals surface area contributed by atoms with Crippen LogP contribution in [0.25, 0.3) is 0 Å². The quantitative estimate of drug-likeness (QED) is 0.797. The molecule has 116 valence electrons. The Balaban J connectivity index is 1.47. The van der Waals surface area contributed by atoms with Crippen molar-refractivity contribution in [1.82, 2.24) is 19.4 Å². The maximum Gasteiger partial charge on any atom is 0.236 e. The molecule has 0 aliphatic carbocycles. The summed E-state index contributed by atoms with van der Waals surface area (Å²) in [6, 6.07) is 0. The van der Waals surface area contributed by atoms with E-state index in [0.717, 1.165) is 52.2 Å². The molecule has 1 atom stereocenters. The Morgan fingerprint density at radius 1 is 1.48 bits per heavy atom. The predicted molar refractivity (Wildman–Crippen MR) is 78.9 cm³/mol. The number of hydrogen-bond donors (Lipinski definition) is 0.